The second-order valence-electron chi connectivity index (χ2n) is 4.18. The quantitative estimate of drug-likeness (QED) is 0.825. The SMILES string of the molecule is CC(C)c1ccc(CNn2nnnc2N)cc1. The number of hydrogen-bond acceptors (Lipinski definition) is 5. The summed E-state index contributed by atoms with van der Waals surface area (Å²) in [5, 5.41) is 10.7. The molecule has 6 heteroatoms. The predicted molar refractivity (Wildman–Crippen MR) is 65.8 cm³/mol. The van der Waals surface area contributed by atoms with E-state index in [0.717, 1.165) is 5.56 Å². The Morgan fingerprint density at radius 2 is 2.00 bits per heavy atom. The number of rotatable bonds is 4. The van der Waals surface area contributed by atoms with Gasteiger partial charge in [0.15, 0.2) is 0 Å². The van der Waals surface area contributed by atoms with E-state index in [0.29, 0.717) is 12.5 Å². The van der Waals surface area contributed by atoms with E-state index < -0.39 is 0 Å². The third-order valence-corrected chi connectivity index (χ3v) is 2.57. The second kappa shape index (κ2) is 4.82. The number of anilines is 1. The fourth-order valence-electron chi connectivity index (χ4n) is 1.49. The monoisotopic (exact) mass is 232 g/mol. The van der Waals surface area contributed by atoms with Gasteiger partial charge in [0, 0.05) is 0 Å². The lowest BCUT2D eigenvalue weighted by atomic mass is 10.0. The van der Waals surface area contributed by atoms with Crippen molar-refractivity contribution in [2.75, 3.05) is 11.2 Å². The number of aromatic nitrogens is 4. The summed E-state index contributed by atoms with van der Waals surface area (Å²) in [7, 11) is 0. The van der Waals surface area contributed by atoms with Gasteiger partial charge in [-0.15, -0.1) is 4.79 Å². The van der Waals surface area contributed by atoms with Crippen molar-refractivity contribution in [3.63, 3.8) is 0 Å². The highest BCUT2D eigenvalue weighted by molar-refractivity contribution is 5.25. The van der Waals surface area contributed by atoms with Gasteiger partial charge in [0.25, 0.3) is 5.95 Å². The lowest BCUT2D eigenvalue weighted by Crippen LogP contribution is -2.18. The van der Waals surface area contributed by atoms with Gasteiger partial charge in [0.2, 0.25) is 0 Å². The van der Waals surface area contributed by atoms with Gasteiger partial charge in [-0.25, -0.2) is 0 Å². The van der Waals surface area contributed by atoms with Gasteiger partial charge >= 0.3 is 0 Å². The molecule has 1 aromatic heterocycles. The fraction of sp³-hybridized carbons (Fsp3) is 0.364. The fourth-order valence-corrected chi connectivity index (χ4v) is 1.49. The molecule has 2 aromatic rings. The standard InChI is InChI=1S/C11H16N6/c1-8(2)10-5-3-9(4-6-10)7-13-17-11(12)14-15-16-17/h3-6,8,13H,7H2,1-2H3,(H2,12,14,16). The molecule has 0 aliphatic carbocycles. The van der Waals surface area contributed by atoms with Crippen LogP contribution in [0.4, 0.5) is 5.95 Å². The van der Waals surface area contributed by atoms with Gasteiger partial charge in [-0.1, -0.05) is 43.2 Å². The van der Waals surface area contributed by atoms with Crippen molar-refractivity contribution in [3.8, 4) is 0 Å². The zero-order valence-electron chi connectivity index (χ0n) is 9.96. The molecule has 0 aliphatic heterocycles. The van der Waals surface area contributed by atoms with Crippen molar-refractivity contribution in [2.24, 2.45) is 0 Å². The highest BCUT2D eigenvalue weighted by Crippen LogP contribution is 2.14. The molecule has 0 aliphatic rings. The zero-order chi connectivity index (χ0) is 12.3. The van der Waals surface area contributed by atoms with Gasteiger partial charge in [-0.05, 0) is 27.5 Å². The first kappa shape index (κ1) is 11.4. The Hall–Kier alpha value is -2.11. The van der Waals surface area contributed by atoms with Crippen LogP contribution >= 0.6 is 0 Å². The summed E-state index contributed by atoms with van der Waals surface area (Å²) >= 11 is 0. The summed E-state index contributed by atoms with van der Waals surface area (Å²) in [6, 6.07) is 8.43. The number of hydrogen-bond donors (Lipinski definition) is 2. The van der Waals surface area contributed by atoms with E-state index in [1.54, 1.807) is 0 Å². The van der Waals surface area contributed by atoms with Crippen molar-refractivity contribution >= 4 is 5.95 Å². The maximum absolute atomic E-state index is 5.53. The van der Waals surface area contributed by atoms with Crippen molar-refractivity contribution in [2.45, 2.75) is 26.3 Å². The van der Waals surface area contributed by atoms with Crippen LogP contribution in [0.1, 0.15) is 30.9 Å². The van der Waals surface area contributed by atoms with Crippen molar-refractivity contribution in [1.82, 2.24) is 20.3 Å². The topological polar surface area (TPSA) is 81.7 Å². The molecule has 0 saturated carbocycles. The zero-order valence-corrected chi connectivity index (χ0v) is 9.96. The molecule has 2 rings (SSSR count). The smallest absolute Gasteiger partial charge is 0.260 e. The van der Waals surface area contributed by atoms with Crippen molar-refractivity contribution in [3.05, 3.63) is 35.4 Å². The van der Waals surface area contributed by atoms with E-state index in [4.69, 9.17) is 5.73 Å². The number of nitrogens with one attached hydrogen (secondary N) is 1. The van der Waals surface area contributed by atoms with Crippen molar-refractivity contribution in [1.29, 1.82) is 0 Å². The van der Waals surface area contributed by atoms with Crippen molar-refractivity contribution < 1.29 is 0 Å². The highest BCUT2D eigenvalue weighted by atomic mass is 15.7. The lowest BCUT2D eigenvalue weighted by Gasteiger charge is -2.08. The summed E-state index contributed by atoms with van der Waals surface area (Å²) in [5.41, 5.74) is 11.0. The average molecular weight is 232 g/mol. The third-order valence-electron chi connectivity index (χ3n) is 2.57. The van der Waals surface area contributed by atoms with Crippen LogP contribution in [0.15, 0.2) is 24.3 Å². The highest BCUT2D eigenvalue weighted by Gasteiger charge is 2.01. The van der Waals surface area contributed by atoms with E-state index in [1.165, 1.54) is 10.4 Å². The van der Waals surface area contributed by atoms with Crippen LogP contribution in [0.5, 0.6) is 0 Å². The molecule has 6 nitrogen and oxygen atoms in total. The Labute approximate surface area is 99.8 Å². The molecule has 1 heterocycles. The van der Waals surface area contributed by atoms with Gasteiger partial charge in [-0.2, -0.15) is 0 Å². The molecule has 0 spiro atoms. The Morgan fingerprint density at radius 1 is 1.29 bits per heavy atom. The minimum Gasteiger partial charge on any atom is -0.365 e. The maximum Gasteiger partial charge on any atom is 0.260 e. The summed E-state index contributed by atoms with van der Waals surface area (Å²) in [4.78, 5) is 1.36. The van der Waals surface area contributed by atoms with Crippen LogP contribution < -0.4 is 11.2 Å². The molecule has 3 N–H and O–H groups in total. The summed E-state index contributed by atoms with van der Waals surface area (Å²) < 4.78 is 0. The Morgan fingerprint density at radius 3 is 2.53 bits per heavy atom. The number of nitrogen functional groups attached to an aromatic ring is 1. The minimum absolute atomic E-state index is 0.254. The Balaban J connectivity index is 1.98. The van der Waals surface area contributed by atoms with Crippen LogP contribution in [-0.4, -0.2) is 20.3 Å². The van der Waals surface area contributed by atoms with Crippen LogP contribution in [0.3, 0.4) is 0 Å². The first-order valence-corrected chi connectivity index (χ1v) is 5.53. The van der Waals surface area contributed by atoms with Gasteiger partial charge in [0.1, 0.15) is 0 Å². The number of tetrazole rings is 1. The van der Waals surface area contributed by atoms with Gasteiger partial charge in [0.05, 0.1) is 6.54 Å². The van der Waals surface area contributed by atoms with E-state index in [2.05, 4.69) is 59.1 Å². The maximum atomic E-state index is 5.53. The lowest BCUT2D eigenvalue weighted by molar-refractivity contribution is 0.693. The second-order valence-corrected chi connectivity index (χ2v) is 4.18. The Kier molecular flexibility index (Phi) is 3.22. The van der Waals surface area contributed by atoms with Gasteiger partial charge in [-0.3, -0.25) is 0 Å². The molecule has 0 saturated heterocycles. The molecule has 17 heavy (non-hydrogen) atoms. The molecule has 0 atom stereocenters. The number of nitrogens with two attached hydrogens (primary N) is 1. The minimum atomic E-state index is 0.254. The van der Waals surface area contributed by atoms with E-state index >= 15 is 0 Å². The van der Waals surface area contributed by atoms with Gasteiger partial charge < -0.3 is 11.2 Å². The van der Waals surface area contributed by atoms with Crippen LogP contribution in [-0.2, 0) is 6.54 Å². The molecule has 0 bridgehead atoms. The first-order chi connectivity index (χ1) is 8.16. The van der Waals surface area contributed by atoms with Crippen LogP contribution in [0, 0.1) is 0 Å². The normalized spacial score (nSPS) is 10.8. The molecule has 0 amide bonds. The first-order valence-electron chi connectivity index (χ1n) is 5.53. The predicted octanol–water partition coefficient (Wildman–Crippen LogP) is 1.12. The molecular formula is C11H16N6. The van der Waals surface area contributed by atoms with Crippen LogP contribution in [0.25, 0.3) is 0 Å². The van der Waals surface area contributed by atoms with E-state index in [9.17, 15) is 0 Å². The summed E-state index contributed by atoms with van der Waals surface area (Å²) in [6.07, 6.45) is 0. The third kappa shape index (κ3) is 2.72. The molecule has 0 unspecified atom stereocenters. The molecular weight excluding hydrogens is 216 g/mol. The molecule has 0 radical (unpaired) electrons. The van der Waals surface area contributed by atoms with Crippen LogP contribution in [0.2, 0.25) is 0 Å². The van der Waals surface area contributed by atoms with E-state index in [1.807, 2.05) is 0 Å². The largest absolute Gasteiger partial charge is 0.365 e. The number of benzene rings is 1. The van der Waals surface area contributed by atoms with E-state index in [-0.39, 0.29) is 5.95 Å². The Bertz CT molecular complexity index is 473. The molecule has 1 aromatic carbocycles. The summed E-state index contributed by atoms with van der Waals surface area (Å²) in [6.45, 7) is 4.98. The molecule has 0 fully saturated rings. The average Bonchev–Trinajstić information content (AvgIpc) is 2.73. The number of nitrogens with zero attached hydrogens (tertiary/aromatic N) is 4. The summed E-state index contributed by atoms with van der Waals surface area (Å²) in [5.74, 6) is 0.802. The molecule has 90 valence electrons.